The maximum Gasteiger partial charge on any atom is 0.334 e. The number of carbonyl (C=O) groups is 2. The second-order valence-corrected chi connectivity index (χ2v) is 3.06. The van der Waals surface area contributed by atoms with Crippen molar-refractivity contribution < 1.29 is 19.4 Å². The second kappa shape index (κ2) is 3.60. The fourth-order valence-corrected chi connectivity index (χ4v) is 1.52. The number of carboxylic acids is 1. The van der Waals surface area contributed by atoms with Crippen LogP contribution in [0.5, 0.6) is 0 Å². The molecule has 2 atom stereocenters. The summed E-state index contributed by atoms with van der Waals surface area (Å²) in [7, 11) is 0. The number of carbonyl (C=O) groups excluding carboxylic acids is 1. The molecule has 0 aliphatic carbocycles. The number of hydrogen-bond acceptors (Lipinski definition) is 3. The van der Waals surface area contributed by atoms with E-state index in [2.05, 4.69) is 0 Å². The topological polar surface area (TPSA) is 63.6 Å². The summed E-state index contributed by atoms with van der Waals surface area (Å²) < 4.78 is 4.91. The van der Waals surface area contributed by atoms with E-state index >= 15 is 0 Å². The zero-order valence-corrected chi connectivity index (χ0v) is 7.61. The second-order valence-electron chi connectivity index (χ2n) is 3.06. The van der Waals surface area contributed by atoms with Crippen molar-refractivity contribution in [3.05, 3.63) is 11.6 Å². The predicted octanol–water partition coefficient (Wildman–Crippen LogP) is 0.969. The maximum atomic E-state index is 11.1. The SMILES string of the molecule is C/C=C1\C(=O)OC(C)C1CC(=O)O. The van der Waals surface area contributed by atoms with Crippen molar-refractivity contribution in [2.24, 2.45) is 5.92 Å². The molecule has 0 aromatic rings. The lowest BCUT2D eigenvalue weighted by atomic mass is 9.93. The van der Waals surface area contributed by atoms with Crippen LogP contribution in [0.1, 0.15) is 20.3 Å². The molecule has 72 valence electrons. The van der Waals surface area contributed by atoms with Crippen LogP contribution >= 0.6 is 0 Å². The number of hydrogen-bond donors (Lipinski definition) is 1. The molecule has 13 heavy (non-hydrogen) atoms. The van der Waals surface area contributed by atoms with E-state index in [-0.39, 0.29) is 24.4 Å². The van der Waals surface area contributed by atoms with Crippen molar-refractivity contribution in [1.29, 1.82) is 0 Å². The molecule has 0 amide bonds. The Morgan fingerprint density at radius 1 is 1.69 bits per heavy atom. The van der Waals surface area contributed by atoms with Gasteiger partial charge in [-0.2, -0.15) is 0 Å². The first-order valence-corrected chi connectivity index (χ1v) is 4.15. The Bertz CT molecular complexity index is 267. The molecule has 1 aliphatic rings. The minimum absolute atomic E-state index is 0.0490. The number of rotatable bonds is 2. The average molecular weight is 184 g/mol. The summed E-state index contributed by atoms with van der Waals surface area (Å²) in [5.41, 5.74) is 0.481. The Kier molecular flexibility index (Phi) is 2.70. The highest BCUT2D eigenvalue weighted by atomic mass is 16.5. The number of esters is 1. The molecule has 4 nitrogen and oxygen atoms in total. The van der Waals surface area contributed by atoms with Gasteiger partial charge in [0.05, 0.1) is 6.42 Å². The molecule has 0 aromatic heterocycles. The summed E-state index contributed by atoms with van der Waals surface area (Å²) in [6.07, 6.45) is 1.25. The van der Waals surface area contributed by atoms with Gasteiger partial charge in [0.1, 0.15) is 6.10 Å². The zero-order valence-electron chi connectivity index (χ0n) is 7.61. The van der Waals surface area contributed by atoms with Gasteiger partial charge in [-0.3, -0.25) is 4.79 Å². The Labute approximate surface area is 76.2 Å². The lowest BCUT2D eigenvalue weighted by Gasteiger charge is -2.09. The third-order valence-corrected chi connectivity index (χ3v) is 2.20. The fraction of sp³-hybridized carbons (Fsp3) is 0.556. The fourth-order valence-electron chi connectivity index (χ4n) is 1.52. The highest BCUT2D eigenvalue weighted by molar-refractivity contribution is 5.92. The lowest BCUT2D eigenvalue weighted by Crippen LogP contribution is -2.16. The number of cyclic esters (lactones) is 1. The molecular weight excluding hydrogens is 172 g/mol. The van der Waals surface area contributed by atoms with E-state index in [4.69, 9.17) is 9.84 Å². The number of carboxylic acid groups (broad SMARTS) is 1. The first kappa shape index (κ1) is 9.77. The van der Waals surface area contributed by atoms with Gasteiger partial charge in [-0.25, -0.2) is 4.79 Å². The van der Waals surface area contributed by atoms with Gasteiger partial charge in [0.2, 0.25) is 0 Å². The van der Waals surface area contributed by atoms with Crippen LogP contribution in [0.2, 0.25) is 0 Å². The molecule has 1 rings (SSSR count). The average Bonchev–Trinajstić information content (AvgIpc) is 2.26. The summed E-state index contributed by atoms with van der Waals surface area (Å²) in [4.78, 5) is 21.6. The van der Waals surface area contributed by atoms with Crippen molar-refractivity contribution in [2.75, 3.05) is 0 Å². The largest absolute Gasteiger partial charge is 0.481 e. The van der Waals surface area contributed by atoms with Crippen molar-refractivity contribution in [1.82, 2.24) is 0 Å². The van der Waals surface area contributed by atoms with Gasteiger partial charge >= 0.3 is 11.9 Å². The van der Waals surface area contributed by atoms with Crippen LogP contribution in [0.25, 0.3) is 0 Å². The Balaban J connectivity index is 2.81. The number of aliphatic carboxylic acids is 1. The van der Waals surface area contributed by atoms with Crippen LogP contribution in [0.3, 0.4) is 0 Å². The molecule has 1 heterocycles. The van der Waals surface area contributed by atoms with E-state index in [0.29, 0.717) is 5.57 Å². The van der Waals surface area contributed by atoms with E-state index in [9.17, 15) is 9.59 Å². The van der Waals surface area contributed by atoms with Gasteiger partial charge in [0, 0.05) is 11.5 Å². The zero-order chi connectivity index (χ0) is 10.0. The molecule has 2 unspecified atom stereocenters. The van der Waals surface area contributed by atoms with Crippen LogP contribution < -0.4 is 0 Å². The van der Waals surface area contributed by atoms with E-state index in [1.54, 1.807) is 19.9 Å². The first-order valence-electron chi connectivity index (χ1n) is 4.15. The van der Waals surface area contributed by atoms with Crippen LogP contribution in [0, 0.1) is 5.92 Å². The molecule has 1 N–H and O–H groups in total. The summed E-state index contributed by atoms with van der Waals surface area (Å²) in [6, 6.07) is 0. The molecule has 0 spiro atoms. The van der Waals surface area contributed by atoms with Gasteiger partial charge in [0.25, 0.3) is 0 Å². The predicted molar refractivity (Wildman–Crippen MR) is 45.1 cm³/mol. The molecule has 0 saturated carbocycles. The van der Waals surface area contributed by atoms with Gasteiger partial charge in [-0.15, -0.1) is 0 Å². The highest BCUT2D eigenvalue weighted by Crippen LogP contribution is 2.30. The smallest absolute Gasteiger partial charge is 0.334 e. The van der Waals surface area contributed by atoms with Gasteiger partial charge in [-0.1, -0.05) is 6.08 Å². The van der Waals surface area contributed by atoms with Crippen molar-refractivity contribution >= 4 is 11.9 Å². The summed E-state index contributed by atoms with van der Waals surface area (Å²) in [5.74, 6) is -1.59. The molecule has 0 bridgehead atoms. The van der Waals surface area contributed by atoms with E-state index < -0.39 is 5.97 Å². The Hall–Kier alpha value is -1.32. The van der Waals surface area contributed by atoms with Gasteiger partial charge < -0.3 is 9.84 Å². The van der Waals surface area contributed by atoms with Crippen molar-refractivity contribution in [3.8, 4) is 0 Å². The molecule has 1 fully saturated rings. The van der Waals surface area contributed by atoms with E-state index in [0.717, 1.165) is 0 Å². The lowest BCUT2D eigenvalue weighted by molar-refractivity contribution is -0.141. The summed E-state index contributed by atoms with van der Waals surface area (Å²) >= 11 is 0. The standard InChI is InChI=1S/C9H12O4/c1-3-6-7(4-8(10)11)5(2)13-9(6)12/h3,5,7H,4H2,1-2H3,(H,10,11)/b6-3-. The third-order valence-electron chi connectivity index (χ3n) is 2.20. The Morgan fingerprint density at radius 3 is 2.77 bits per heavy atom. The molecule has 0 aromatic carbocycles. The minimum atomic E-state index is -0.908. The monoisotopic (exact) mass is 184 g/mol. The Morgan fingerprint density at radius 2 is 2.31 bits per heavy atom. The van der Waals surface area contributed by atoms with Crippen LogP contribution in [0.15, 0.2) is 11.6 Å². The molecule has 4 heteroatoms. The normalized spacial score (nSPS) is 30.6. The maximum absolute atomic E-state index is 11.1. The molecule has 0 radical (unpaired) electrons. The molecule has 1 saturated heterocycles. The first-order chi connectivity index (χ1) is 6.06. The molecular formula is C9H12O4. The van der Waals surface area contributed by atoms with Crippen LogP contribution in [0.4, 0.5) is 0 Å². The van der Waals surface area contributed by atoms with E-state index in [1.807, 2.05) is 0 Å². The van der Waals surface area contributed by atoms with Crippen molar-refractivity contribution in [2.45, 2.75) is 26.4 Å². The number of ether oxygens (including phenoxy) is 1. The van der Waals surface area contributed by atoms with Crippen molar-refractivity contribution in [3.63, 3.8) is 0 Å². The van der Waals surface area contributed by atoms with Gasteiger partial charge in [0.15, 0.2) is 0 Å². The van der Waals surface area contributed by atoms with E-state index in [1.165, 1.54) is 0 Å². The van der Waals surface area contributed by atoms with Gasteiger partial charge in [-0.05, 0) is 13.8 Å². The highest BCUT2D eigenvalue weighted by Gasteiger charge is 2.37. The summed E-state index contributed by atoms with van der Waals surface area (Å²) in [6.45, 7) is 3.42. The third kappa shape index (κ3) is 1.88. The minimum Gasteiger partial charge on any atom is -0.481 e. The number of allylic oxidation sites excluding steroid dienone is 1. The molecule has 1 aliphatic heterocycles. The van der Waals surface area contributed by atoms with Crippen LogP contribution in [-0.2, 0) is 14.3 Å². The van der Waals surface area contributed by atoms with Crippen LogP contribution in [-0.4, -0.2) is 23.1 Å². The quantitative estimate of drug-likeness (QED) is 0.513. The summed E-state index contributed by atoms with van der Waals surface area (Å²) in [5, 5.41) is 8.60.